The van der Waals surface area contributed by atoms with Gasteiger partial charge < -0.3 is 31.4 Å². The van der Waals surface area contributed by atoms with Crippen molar-refractivity contribution < 1.29 is 83.0 Å². The second kappa shape index (κ2) is 62.9. The maximum atomic E-state index is 11.3. The van der Waals surface area contributed by atoms with Crippen molar-refractivity contribution >= 4 is 5.78 Å². The number of carbonyl (C=O) groups is 1. The first-order chi connectivity index (χ1) is 40.1. The Hall–Kier alpha value is 0.0664. The van der Waals surface area contributed by atoms with Crippen molar-refractivity contribution in [3.63, 3.8) is 0 Å². The molecule has 4 saturated heterocycles. The van der Waals surface area contributed by atoms with Crippen molar-refractivity contribution in [2.24, 2.45) is 0 Å². The van der Waals surface area contributed by atoms with E-state index in [1.165, 1.54) is 308 Å². The van der Waals surface area contributed by atoms with Crippen molar-refractivity contribution in [1.82, 2.24) is 0 Å². The predicted molar refractivity (Wildman–Crippen MR) is 372 cm³/mol. The van der Waals surface area contributed by atoms with Crippen LogP contribution in [0.5, 0.6) is 0 Å². The zero-order chi connectivity index (χ0) is 57.1. The van der Waals surface area contributed by atoms with E-state index in [9.17, 15) is 9.90 Å². The number of fused-ring (bicyclic) bond motifs is 4. The second-order valence-electron chi connectivity index (χ2n) is 25.6. The molecule has 10 aliphatic rings. The van der Waals surface area contributed by atoms with Crippen LogP contribution in [0.15, 0.2) is 48.6 Å². The van der Waals surface area contributed by atoms with Gasteiger partial charge in [0.05, 0.1) is 54.9 Å². The van der Waals surface area contributed by atoms with Gasteiger partial charge in [0.15, 0.2) is 0 Å². The van der Waals surface area contributed by atoms with Crippen LogP contribution in [0.25, 0.3) is 0 Å². The maximum absolute atomic E-state index is 11.3. The largest absolute Gasteiger partial charge is 1.00 e. The Labute approximate surface area is 578 Å². The number of rotatable bonds is 0. The third kappa shape index (κ3) is 52.3. The summed E-state index contributed by atoms with van der Waals surface area (Å²) in [7, 11) is 0.500. The molecule has 0 aromatic heterocycles. The molecule has 4 heterocycles. The summed E-state index contributed by atoms with van der Waals surface area (Å²) in [5, 5.41) is 9.59. The summed E-state index contributed by atoms with van der Waals surface area (Å²) >= 11 is 0. The van der Waals surface area contributed by atoms with Crippen LogP contribution in [0, 0.1) is 7.38 Å². The number of hydrogen-bond donors (Lipinski definition) is 1. The number of hydrogen-bond acceptors (Lipinski definition) is 6. The first-order valence-electron chi connectivity index (χ1n) is 36.2. The quantitative estimate of drug-likeness (QED) is 0.113. The van der Waals surface area contributed by atoms with Gasteiger partial charge in [-0.2, -0.15) is 0 Å². The standard InChI is InChI=1S/2C12H22O.2C12H18O.C12H24O.C12H22O.5CH4.CH3.K/c4*1-2-4-6-8-10-12-11(13-12)9-7-5-3-1;2*13-12-10-8-6-4-2-1-3-5-7-9-11-12;;;;;;;/h2*11-12H,1-10H2;2*3-6,11-12H,1-2,7-10H2;12-13H,1-11H2;1-11H2;5*1H4;1H3;/q;;;;;;;;;;;-1;+1/b;;2*5-3+,6-4?;;;;;;;;;/i;;;;;;;;;;;1D2;. The second-order valence-corrected chi connectivity index (χ2v) is 25.6. The van der Waals surface area contributed by atoms with E-state index in [-0.39, 0.29) is 94.6 Å². The van der Waals surface area contributed by atoms with Crippen LogP contribution >= 0.6 is 0 Å². The Morgan fingerprint density at radius 3 is 0.671 bits per heavy atom. The number of aliphatic hydroxyl groups excluding tert-OH is 1. The fourth-order valence-electron chi connectivity index (χ4n) is 12.8. The molecule has 8 atom stereocenters. The average molecular weight is 1220 g/mol. The molecule has 8 fully saturated rings. The van der Waals surface area contributed by atoms with Crippen molar-refractivity contribution in [2.45, 2.75) is 439 Å². The van der Waals surface area contributed by atoms with E-state index >= 15 is 0 Å². The van der Waals surface area contributed by atoms with Gasteiger partial charge in [0, 0.05) is 12.8 Å². The third-order valence-electron chi connectivity index (χ3n) is 18.3. The molecule has 8 unspecified atom stereocenters. The molecular weight excluding hydrogens is 1070 g/mol. The minimum atomic E-state index is -0.000531. The maximum Gasteiger partial charge on any atom is 1.00 e. The van der Waals surface area contributed by atoms with Crippen LogP contribution < -0.4 is 51.4 Å². The van der Waals surface area contributed by atoms with Crippen molar-refractivity contribution in [2.75, 3.05) is 0 Å². The number of allylic oxidation sites excluding steroid dienone is 8. The van der Waals surface area contributed by atoms with Gasteiger partial charge in [0.25, 0.3) is 0 Å². The molecule has 498 valence electrons. The molecular formula is C78H149KO6. The van der Waals surface area contributed by atoms with Crippen molar-refractivity contribution in [1.29, 1.82) is 0 Å². The molecule has 1 N–H and O–H groups in total. The molecule has 4 saturated carbocycles. The number of ether oxygens (including phenoxy) is 4. The van der Waals surface area contributed by atoms with Gasteiger partial charge in [-0.25, -0.2) is 2.74 Å². The van der Waals surface area contributed by atoms with E-state index in [0.717, 1.165) is 38.5 Å². The van der Waals surface area contributed by atoms with Crippen molar-refractivity contribution in [3.8, 4) is 0 Å². The smallest absolute Gasteiger partial charge is 0.393 e. The van der Waals surface area contributed by atoms with Crippen LogP contribution in [-0.2, 0) is 23.7 Å². The summed E-state index contributed by atoms with van der Waals surface area (Å²) in [6.07, 6.45) is 93.9. The minimum absolute atomic E-state index is 0. The number of Topliss-reactive ketones (excluding diaryl/α,β-unsaturated/α-hetero) is 1. The van der Waals surface area contributed by atoms with Gasteiger partial charge in [0.2, 0.25) is 0 Å². The molecule has 0 bridgehead atoms. The Balaban J connectivity index is -0.000000951. The minimum Gasteiger partial charge on any atom is -0.393 e. The van der Waals surface area contributed by atoms with E-state index in [1.807, 2.05) is 0 Å². The van der Waals surface area contributed by atoms with Gasteiger partial charge >= 0.3 is 51.4 Å². The van der Waals surface area contributed by atoms with E-state index in [1.54, 1.807) is 0 Å². The fraction of sp³-hybridized carbons (Fsp3) is 0.872. The molecule has 0 radical (unpaired) electrons. The van der Waals surface area contributed by atoms with Gasteiger partial charge in [-0.1, -0.05) is 291 Å². The zero-order valence-electron chi connectivity index (χ0n) is 54.6. The fourth-order valence-corrected chi connectivity index (χ4v) is 12.8. The summed E-state index contributed by atoms with van der Waals surface area (Å²) in [5.41, 5.74) is 0. The predicted octanol–water partition coefficient (Wildman–Crippen LogP) is 21.9. The Bertz CT molecular complexity index is 1350. The van der Waals surface area contributed by atoms with Crippen molar-refractivity contribution in [3.05, 3.63) is 56.0 Å². The number of epoxide rings is 4. The molecule has 0 amide bonds. The monoisotopic (exact) mass is 1220 g/mol. The normalized spacial score (nSPS) is 30.2. The van der Waals surface area contributed by atoms with E-state index < -0.39 is 0 Å². The molecule has 4 aliphatic heterocycles. The number of aliphatic hydroxyl groups is 1. The molecule has 6 nitrogen and oxygen atoms in total. The molecule has 0 spiro atoms. The van der Waals surface area contributed by atoms with Gasteiger partial charge in [-0.3, -0.25) is 4.79 Å². The Kier molecular flexibility index (Phi) is 62.9. The van der Waals surface area contributed by atoms with E-state index in [2.05, 4.69) is 48.6 Å². The van der Waals surface area contributed by atoms with Crippen LogP contribution in [0.2, 0.25) is 0 Å². The third-order valence-corrected chi connectivity index (χ3v) is 18.3. The van der Waals surface area contributed by atoms with Gasteiger partial charge in [-0.15, -0.1) is 0 Å². The topological polar surface area (TPSA) is 87.4 Å². The molecule has 0 aromatic carbocycles. The summed E-state index contributed by atoms with van der Waals surface area (Å²) in [6, 6.07) is 0. The van der Waals surface area contributed by atoms with E-state index in [4.69, 9.17) is 21.7 Å². The Morgan fingerprint density at radius 2 is 0.447 bits per heavy atom. The van der Waals surface area contributed by atoms with Crippen LogP contribution in [-0.4, -0.2) is 65.8 Å². The summed E-state index contributed by atoms with van der Waals surface area (Å²) in [6.45, 7) is 0. The number of ketones is 1. The van der Waals surface area contributed by atoms with Crippen LogP contribution in [0.4, 0.5) is 0 Å². The summed E-state index contributed by atoms with van der Waals surface area (Å²) in [4.78, 5) is 11.3. The summed E-state index contributed by atoms with van der Waals surface area (Å²) < 4.78 is 33.9. The van der Waals surface area contributed by atoms with Crippen LogP contribution in [0.1, 0.15) is 387 Å². The molecule has 6 aliphatic carbocycles. The first-order valence-corrected chi connectivity index (χ1v) is 35.1. The average Bonchev–Trinajstić information content (AvgIpc) is 3.24. The van der Waals surface area contributed by atoms with Crippen LogP contribution in [0.3, 0.4) is 0 Å². The molecule has 85 heavy (non-hydrogen) atoms. The first kappa shape index (κ1) is 85.1. The summed E-state index contributed by atoms with van der Waals surface area (Å²) in [5.74, 6) is 0.501. The SMILES string of the molecule is C.C.C.C.C.C1=CCCC2OC2CC/C=C/CC1.C1=CCCC2OC2CC/C=C/CC1.C1CCCCCC2OC2CCCC1.C1CCCCCC2OC2CCCC1.O=C1CCCCCCCCCCC1.OC1CCCCCCCCCCC1.[2H][CH-][2H].[K+]. The number of carbonyl (C=O) groups excluding carboxylic acids is 1. The molecule has 10 rings (SSSR count). The Morgan fingerprint density at radius 1 is 0.282 bits per heavy atom. The van der Waals surface area contributed by atoms with Gasteiger partial charge in [-0.05, 0) is 128 Å². The zero-order valence-corrected chi connectivity index (χ0v) is 55.7. The molecule has 0 aromatic rings. The van der Waals surface area contributed by atoms with E-state index in [0.29, 0.717) is 62.0 Å². The van der Waals surface area contributed by atoms with Gasteiger partial charge in [0.1, 0.15) is 5.78 Å². The molecule has 7 heteroatoms.